The molecular formula is C21H23FN5O9P. The number of aromatic amines is 1. The smallest absolute Gasteiger partial charge is 0.381 e. The lowest BCUT2D eigenvalue weighted by Gasteiger charge is -2.25. The van der Waals surface area contributed by atoms with Crippen LogP contribution < -0.4 is 22.7 Å². The molecule has 14 nitrogen and oxygen atoms in total. The number of hydrogen-bond acceptors (Lipinski definition) is 10. The average molecular weight is 539 g/mol. The number of halogens is 1. The molecular weight excluding hydrogens is 516 g/mol. The average Bonchev–Trinajstić information content (AvgIpc) is 3.49. The summed E-state index contributed by atoms with van der Waals surface area (Å²) >= 11 is 0. The third-order valence-corrected chi connectivity index (χ3v) is 6.65. The number of rotatable bonds is 8. The number of nitrogen functional groups attached to an aromatic ring is 1. The van der Waals surface area contributed by atoms with Crippen LogP contribution in [0.1, 0.15) is 30.9 Å². The highest BCUT2D eigenvalue weighted by molar-refractivity contribution is 7.47. The zero-order valence-electron chi connectivity index (χ0n) is 19.4. The summed E-state index contributed by atoms with van der Waals surface area (Å²) in [6.45, 7) is 0.531. The van der Waals surface area contributed by atoms with E-state index in [0.717, 1.165) is 15.3 Å². The Morgan fingerprint density at radius 2 is 2.11 bits per heavy atom. The molecule has 0 saturated carbocycles. The molecule has 0 aromatic carbocycles. The minimum Gasteiger partial charge on any atom is -0.381 e. The largest absolute Gasteiger partial charge is 0.472 e. The third-order valence-electron chi connectivity index (χ3n) is 5.72. The van der Waals surface area contributed by atoms with Gasteiger partial charge in [0.05, 0.1) is 18.9 Å². The standard InChI is InChI=1S/C21H23FN5O9P/c1-3-21(7-6-16(36-21)26-8-12(2)18(28)25-20(26)30)11-34-37(31,32)33-10-13-4-5-15(35-13)27-9-14(22)17(23)24-19(27)29/h1,6-9,13,15-16H,4-5,10-11H2,2H3,(H,31,32)(H2,23,24,29)(H,25,28,30)/t13-,15+,16-,21+/m1/s1. The first-order valence-electron chi connectivity index (χ1n) is 10.9. The van der Waals surface area contributed by atoms with Crippen molar-refractivity contribution in [3.8, 4) is 12.3 Å². The van der Waals surface area contributed by atoms with Gasteiger partial charge in [-0.1, -0.05) is 5.92 Å². The fourth-order valence-electron chi connectivity index (χ4n) is 3.73. The highest BCUT2D eigenvalue weighted by atomic mass is 31.2. The summed E-state index contributed by atoms with van der Waals surface area (Å²) in [6.07, 6.45) is 8.61. The Balaban J connectivity index is 1.33. The summed E-state index contributed by atoms with van der Waals surface area (Å²) in [6, 6.07) is 0. The molecule has 0 amide bonds. The van der Waals surface area contributed by atoms with E-state index in [4.69, 9.17) is 30.7 Å². The predicted octanol–water partition coefficient (Wildman–Crippen LogP) is 0.0914. The lowest BCUT2D eigenvalue weighted by Crippen LogP contribution is -2.37. The van der Waals surface area contributed by atoms with Gasteiger partial charge in [-0.05, 0) is 31.9 Å². The lowest BCUT2D eigenvalue weighted by atomic mass is 10.1. The van der Waals surface area contributed by atoms with Gasteiger partial charge in [0.15, 0.2) is 23.5 Å². The van der Waals surface area contributed by atoms with Gasteiger partial charge in [0.1, 0.15) is 12.8 Å². The molecule has 4 heterocycles. The maximum atomic E-state index is 13.7. The van der Waals surface area contributed by atoms with E-state index in [2.05, 4.69) is 15.9 Å². The van der Waals surface area contributed by atoms with Crippen LogP contribution in [0.3, 0.4) is 0 Å². The van der Waals surface area contributed by atoms with Crippen molar-refractivity contribution in [2.75, 3.05) is 18.9 Å². The Morgan fingerprint density at radius 1 is 1.35 bits per heavy atom. The van der Waals surface area contributed by atoms with Gasteiger partial charge in [0.2, 0.25) is 0 Å². The number of nitrogens with one attached hydrogen (secondary N) is 1. The van der Waals surface area contributed by atoms with E-state index in [-0.39, 0.29) is 12.2 Å². The molecule has 2 aliphatic rings. The van der Waals surface area contributed by atoms with E-state index in [0.29, 0.717) is 12.8 Å². The monoisotopic (exact) mass is 539 g/mol. The Kier molecular flexibility index (Phi) is 7.33. The zero-order valence-corrected chi connectivity index (χ0v) is 20.3. The molecule has 2 aromatic rings. The van der Waals surface area contributed by atoms with Gasteiger partial charge in [-0.25, -0.2) is 18.5 Å². The number of aryl methyl sites for hydroxylation is 1. The number of anilines is 1. The molecule has 0 bridgehead atoms. The van der Waals surface area contributed by atoms with Crippen molar-refractivity contribution in [2.24, 2.45) is 0 Å². The van der Waals surface area contributed by atoms with Gasteiger partial charge in [0.25, 0.3) is 5.56 Å². The number of phosphoric acid groups is 1. The highest BCUT2D eigenvalue weighted by Gasteiger charge is 2.39. The number of nitrogens with zero attached hydrogens (tertiary/aromatic N) is 3. The molecule has 16 heteroatoms. The molecule has 198 valence electrons. The second kappa shape index (κ2) is 10.2. The number of terminal acetylenes is 1. The van der Waals surface area contributed by atoms with Crippen LogP contribution in [0, 0.1) is 25.1 Å². The molecule has 0 spiro atoms. The Morgan fingerprint density at radius 3 is 2.84 bits per heavy atom. The van der Waals surface area contributed by atoms with Gasteiger partial charge in [-0.15, -0.1) is 6.42 Å². The highest BCUT2D eigenvalue weighted by Crippen LogP contribution is 2.46. The quantitative estimate of drug-likeness (QED) is 0.234. The molecule has 2 aromatic heterocycles. The molecule has 1 fully saturated rings. The first kappa shape index (κ1) is 26.7. The van der Waals surface area contributed by atoms with Crippen LogP contribution in [0.5, 0.6) is 0 Å². The van der Waals surface area contributed by atoms with Crippen LogP contribution in [-0.4, -0.2) is 48.9 Å². The van der Waals surface area contributed by atoms with Crippen molar-refractivity contribution in [3.05, 3.63) is 67.2 Å². The second-order valence-corrected chi connectivity index (χ2v) is 9.83. The molecule has 1 saturated heterocycles. The van der Waals surface area contributed by atoms with Crippen LogP contribution in [0.2, 0.25) is 0 Å². The minimum atomic E-state index is -4.65. The zero-order chi connectivity index (χ0) is 27.0. The molecule has 37 heavy (non-hydrogen) atoms. The summed E-state index contributed by atoms with van der Waals surface area (Å²) < 4.78 is 49.5. The van der Waals surface area contributed by atoms with E-state index < -0.39 is 67.2 Å². The molecule has 4 rings (SSSR count). The third kappa shape index (κ3) is 5.80. The Bertz CT molecular complexity index is 1490. The van der Waals surface area contributed by atoms with E-state index in [1.54, 1.807) is 0 Å². The summed E-state index contributed by atoms with van der Waals surface area (Å²) in [5.74, 6) is 0.902. The van der Waals surface area contributed by atoms with Crippen molar-refractivity contribution in [2.45, 2.75) is 43.9 Å². The fourth-order valence-corrected chi connectivity index (χ4v) is 4.52. The lowest BCUT2D eigenvalue weighted by molar-refractivity contribution is -0.0551. The van der Waals surface area contributed by atoms with Crippen LogP contribution in [0.25, 0.3) is 0 Å². The molecule has 2 aliphatic heterocycles. The van der Waals surface area contributed by atoms with Crippen molar-refractivity contribution in [3.63, 3.8) is 0 Å². The van der Waals surface area contributed by atoms with Crippen LogP contribution in [-0.2, 0) is 23.1 Å². The second-order valence-electron chi connectivity index (χ2n) is 8.37. The van der Waals surface area contributed by atoms with Gasteiger partial charge < -0.3 is 20.1 Å². The maximum absolute atomic E-state index is 13.7. The number of aromatic nitrogens is 4. The summed E-state index contributed by atoms with van der Waals surface area (Å²) in [5.41, 5.74) is 1.86. The fraction of sp³-hybridized carbons (Fsp3) is 0.429. The molecule has 4 N–H and O–H groups in total. The Labute approximate surface area is 208 Å². The van der Waals surface area contributed by atoms with E-state index in [1.165, 1.54) is 25.3 Å². The van der Waals surface area contributed by atoms with Gasteiger partial charge in [-0.2, -0.15) is 4.98 Å². The first-order chi connectivity index (χ1) is 17.4. The van der Waals surface area contributed by atoms with Crippen LogP contribution >= 0.6 is 7.82 Å². The predicted molar refractivity (Wildman–Crippen MR) is 125 cm³/mol. The minimum absolute atomic E-state index is 0.262. The maximum Gasteiger partial charge on any atom is 0.472 e. The number of nitrogens with two attached hydrogens (primary N) is 1. The van der Waals surface area contributed by atoms with Gasteiger partial charge in [-0.3, -0.25) is 28.0 Å². The van der Waals surface area contributed by atoms with Gasteiger partial charge >= 0.3 is 19.2 Å². The number of phosphoric ester groups is 1. The van der Waals surface area contributed by atoms with Crippen molar-refractivity contribution in [1.29, 1.82) is 0 Å². The molecule has 0 radical (unpaired) electrons. The summed E-state index contributed by atoms with van der Waals surface area (Å²) in [4.78, 5) is 51.3. The van der Waals surface area contributed by atoms with E-state index in [9.17, 15) is 28.2 Å². The topological polar surface area (TPSA) is 190 Å². The normalized spacial score (nSPS) is 26.7. The number of hydrogen-bond donors (Lipinski definition) is 3. The van der Waals surface area contributed by atoms with E-state index in [1.807, 2.05) is 0 Å². The SMILES string of the molecule is C#C[C@@]1(COP(=O)(O)OC[C@H]2CC[C@@H](n3cc(F)c(N)nc3=O)O2)C=C[C@H](n2cc(C)c(=O)[nH]c2=O)O1. The van der Waals surface area contributed by atoms with Crippen LogP contribution in [0.15, 0.2) is 38.9 Å². The van der Waals surface area contributed by atoms with E-state index >= 15 is 0 Å². The number of H-pyrrole nitrogens is 1. The summed E-state index contributed by atoms with van der Waals surface area (Å²) in [5, 5.41) is 0. The summed E-state index contributed by atoms with van der Waals surface area (Å²) in [7, 11) is -4.65. The molecule has 0 aliphatic carbocycles. The first-order valence-corrected chi connectivity index (χ1v) is 12.4. The Hall–Kier alpha value is -3.38. The molecule has 1 unspecified atom stereocenters. The molecule has 5 atom stereocenters. The van der Waals surface area contributed by atoms with Gasteiger partial charge in [0, 0.05) is 11.8 Å². The van der Waals surface area contributed by atoms with Crippen molar-refractivity contribution < 1.29 is 32.4 Å². The van der Waals surface area contributed by atoms with Crippen molar-refractivity contribution in [1.82, 2.24) is 19.1 Å². The van der Waals surface area contributed by atoms with Crippen molar-refractivity contribution >= 4 is 13.6 Å². The number of ether oxygens (including phenoxy) is 2. The van der Waals surface area contributed by atoms with Crippen LogP contribution in [0.4, 0.5) is 10.2 Å².